The van der Waals surface area contributed by atoms with Crippen molar-refractivity contribution < 1.29 is 13.2 Å². The number of thioether (sulfide) groups is 1. The molecule has 12 heteroatoms. The highest BCUT2D eigenvalue weighted by Crippen LogP contribution is 2.35. The summed E-state index contributed by atoms with van der Waals surface area (Å²) in [6, 6.07) is 11.7. The molecular formula is C25H31N7O3S2. The van der Waals surface area contributed by atoms with Crippen molar-refractivity contribution in [1.82, 2.24) is 10.3 Å². The van der Waals surface area contributed by atoms with Crippen LogP contribution < -0.4 is 20.3 Å². The minimum absolute atomic E-state index is 0.0518. The number of aromatic nitrogens is 1. The molecule has 37 heavy (non-hydrogen) atoms. The molecule has 3 N–H and O–H groups in total. The number of rotatable bonds is 10. The molecule has 10 nitrogen and oxygen atoms in total. The molecule has 3 rings (SSSR count). The van der Waals surface area contributed by atoms with Crippen molar-refractivity contribution in [3.8, 4) is 12.1 Å². The molecule has 1 fully saturated rings. The van der Waals surface area contributed by atoms with Crippen molar-refractivity contribution in [3.63, 3.8) is 0 Å². The molecule has 1 saturated heterocycles. The first-order valence-corrected chi connectivity index (χ1v) is 14.7. The number of amides is 1. The van der Waals surface area contributed by atoms with Crippen molar-refractivity contribution >= 4 is 39.2 Å². The molecule has 1 amide bonds. The molecule has 0 bridgehead atoms. The molecule has 1 atom stereocenters. The number of nitriles is 2. The Kier molecular flexibility index (Phi) is 9.38. The third-order valence-corrected chi connectivity index (χ3v) is 8.61. The van der Waals surface area contributed by atoms with E-state index < -0.39 is 10.0 Å². The third kappa shape index (κ3) is 6.72. The number of anilines is 2. The third-order valence-electron chi connectivity index (χ3n) is 6.36. The second-order valence-corrected chi connectivity index (χ2v) is 11.8. The Hall–Kier alpha value is -3.32. The van der Waals surface area contributed by atoms with E-state index >= 15 is 0 Å². The maximum Gasteiger partial charge on any atom is 0.233 e. The normalized spacial score (nSPS) is 15.2. The van der Waals surface area contributed by atoms with Gasteiger partial charge in [-0.3, -0.25) is 9.10 Å². The van der Waals surface area contributed by atoms with E-state index in [1.165, 1.54) is 23.1 Å². The van der Waals surface area contributed by atoms with Gasteiger partial charge in [-0.05, 0) is 42.0 Å². The topological polar surface area (TPSA) is 156 Å². The lowest BCUT2D eigenvalue weighted by Crippen LogP contribution is -2.35. The summed E-state index contributed by atoms with van der Waals surface area (Å²) in [6.45, 7) is 3.71. The number of nitrogens with zero attached hydrogens (tertiary/aromatic N) is 5. The van der Waals surface area contributed by atoms with Gasteiger partial charge in [-0.25, -0.2) is 13.4 Å². The number of carbonyl (C=O) groups excluding carboxylic acids is 1. The van der Waals surface area contributed by atoms with Gasteiger partial charge in [0.15, 0.2) is 0 Å². The fourth-order valence-corrected chi connectivity index (χ4v) is 5.65. The van der Waals surface area contributed by atoms with E-state index in [2.05, 4.69) is 22.4 Å². The van der Waals surface area contributed by atoms with Crippen LogP contribution in [0.15, 0.2) is 29.3 Å². The molecule has 2 aromatic rings. The van der Waals surface area contributed by atoms with Gasteiger partial charge in [0, 0.05) is 32.4 Å². The Morgan fingerprint density at radius 3 is 2.51 bits per heavy atom. The summed E-state index contributed by atoms with van der Waals surface area (Å²) in [5, 5.41) is 23.3. The van der Waals surface area contributed by atoms with Crippen LogP contribution in [0.5, 0.6) is 0 Å². The first-order chi connectivity index (χ1) is 17.6. The van der Waals surface area contributed by atoms with E-state index in [0.29, 0.717) is 65.0 Å². The van der Waals surface area contributed by atoms with Crippen LogP contribution in [0.25, 0.3) is 0 Å². The summed E-state index contributed by atoms with van der Waals surface area (Å²) in [4.78, 5) is 18.4. The van der Waals surface area contributed by atoms with Gasteiger partial charge in [-0.1, -0.05) is 19.1 Å². The lowest BCUT2D eigenvalue weighted by molar-refractivity contribution is -0.119. The van der Waals surface area contributed by atoms with Crippen molar-refractivity contribution in [2.75, 3.05) is 48.7 Å². The molecule has 2 heterocycles. The molecule has 0 aliphatic carbocycles. The standard InChI is InChI=1S/C25H31N7O3S2/c1-4-20-21(11-26)24(32-10-9-18(15-32)14-29-23(33)13-28)30-25(22(20)12-27)36-16-17-5-7-19(8-6-17)31(2)37(3,34)35/h5-8,18H,4,9-10,13-16,28H2,1-3H3,(H,29,33)/t18-/m1/s1. The van der Waals surface area contributed by atoms with E-state index in [4.69, 9.17) is 10.7 Å². The molecule has 1 aliphatic heterocycles. The predicted molar refractivity (Wildman–Crippen MR) is 145 cm³/mol. The average Bonchev–Trinajstić information content (AvgIpc) is 3.37. The summed E-state index contributed by atoms with van der Waals surface area (Å²) >= 11 is 1.41. The SMILES string of the molecule is CCc1c(C#N)c(SCc2ccc(N(C)S(C)(=O)=O)cc2)nc(N2CC[C@H](CNC(=O)CN)C2)c1C#N. The van der Waals surface area contributed by atoms with Crippen LogP contribution in [-0.2, 0) is 27.0 Å². The summed E-state index contributed by atoms with van der Waals surface area (Å²) < 4.78 is 24.8. The first kappa shape index (κ1) is 28.3. The van der Waals surface area contributed by atoms with Crippen LogP contribution in [0, 0.1) is 28.6 Å². The second kappa shape index (κ2) is 12.3. The highest BCUT2D eigenvalue weighted by Gasteiger charge is 2.29. The number of carbonyl (C=O) groups is 1. The Balaban J connectivity index is 1.85. The van der Waals surface area contributed by atoms with Crippen LogP contribution in [0.1, 0.15) is 35.6 Å². The fraction of sp³-hybridized carbons (Fsp3) is 0.440. The number of nitrogens with one attached hydrogen (secondary N) is 1. The highest BCUT2D eigenvalue weighted by atomic mass is 32.2. The number of hydrogen-bond acceptors (Lipinski definition) is 9. The smallest absolute Gasteiger partial charge is 0.233 e. The van der Waals surface area contributed by atoms with Gasteiger partial charge in [-0.15, -0.1) is 11.8 Å². The van der Waals surface area contributed by atoms with Gasteiger partial charge in [0.2, 0.25) is 15.9 Å². The molecule has 1 aromatic heterocycles. The van der Waals surface area contributed by atoms with Crippen LogP contribution in [0.2, 0.25) is 0 Å². The molecule has 196 valence electrons. The number of benzene rings is 1. The zero-order valence-electron chi connectivity index (χ0n) is 21.2. The van der Waals surface area contributed by atoms with E-state index in [9.17, 15) is 23.7 Å². The minimum Gasteiger partial charge on any atom is -0.355 e. The monoisotopic (exact) mass is 541 g/mol. The molecule has 0 unspecified atom stereocenters. The zero-order valence-corrected chi connectivity index (χ0v) is 22.8. The molecular weight excluding hydrogens is 510 g/mol. The predicted octanol–water partition coefficient (Wildman–Crippen LogP) is 1.98. The number of sulfonamides is 1. The largest absolute Gasteiger partial charge is 0.355 e. The number of nitrogens with two attached hydrogens (primary N) is 1. The first-order valence-electron chi connectivity index (χ1n) is 11.9. The number of pyridine rings is 1. The van der Waals surface area contributed by atoms with Gasteiger partial charge in [-0.2, -0.15) is 10.5 Å². The Labute approximate surface area is 222 Å². The van der Waals surface area contributed by atoms with Crippen LogP contribution in [0.4, 0.5) is 11.5 Å². The van der Waals surface area contributed by atoms with E-state index in [-0.39, 0.29) is 18.4 Å². The van der Waals surface area contributed by atoms with Gasteiger partial charge in [0.1, 0.15) is 23.0 Å². The highest BCUT2D eigenvalue weighted by molar-refractivity contribution is 7.98. The Morgan fingerprint density at radius 2 is 1.95 bits per heavy atom. The van der Waals surface area contributed by atoms with Crippen molar-refractivity contribution in [1.29, 1.82) is 10.5 Å². The summed E-state index contributed by atoms with van der Waals surface area (Å²) in [5.74, 6) is 1.10. The minimum atomic E-state index is -3.35. The molecule has 1 aromatic carbocycles. The molecule has 1 aliphatic rings. The summed E-state index contributed by atoms with van der Waals surface area (Å²) in [7, 11) is -1.85. The molecule has 0 saturated carbocycles. The Morgan fingerprint density at radius 1 is 1.27 bits per heavy atom. The van der Waals surface area contributed by atoms with Gasteiger partial charge < -0.3 is 16.0 Å². The number of hydrogen-bond donors (Lipinski definition) is 2. The maximum atomic E-state index is 11.8. The quantitative estimate of drug-likeness (QED) is 0.429. The van der Waals surface area contributed by atoms with E-state index in [1.54, 1.807) is 12.1 Å². The average molecular weight is 542 g/mol. The summed E-state index contributed by atoms with van der Waals surface area (Å²) in [5.41, 5.74) is 8.39. The lowest BCUT2D eigenvalue weighted by atomic mass is 10.0. The maximum absolute atomic E-state index is 11.8. The summed E-state index contributed by atoms with van der Waals surface area (Å²) in [6.07, 6.45) is 2.51. The van der Waals surface area contributed by atoms with Crippen molar-refractivity contribution in [2.45, 2.75) is 30.5 Å². The van der Waals surface area contributed by atoms with Crippen LogP contribution in [0.3, 0.4) is 0 Å². The van der Waals surface area contributed by atoms with Crippen molar-refractivity contribution in [3.05, 3.63) is 46.5 Å². The van der Waals surface area contributed by atoms with Gasteiger partial charge in [0.25, 0.3) is 0 Å². The fourth-order valence-electron chi connectivity index (χ4n) is 4.18. The Bertz CT molecular complexity index is 1330. The van der Waals surface area contributed by atoms with Crippen LogP contribution >= 0.6 is 11.8 Å². The van der Waals surface area contributed by atoms with Crippen molar-refractivity contribution in [2.24, 2.45) is 11.7 Å². The molecule has 0 radical (unpaired) electrons. The van der Waals surface area contributed by atoms with Gasteiger partial charge >= 0.3 is 0 Å². The molecule has 0 spiro atoms. The van der Waals surface area contributed by atoms with E-state index in [0.717, 1.165) is 18.2 Å². The zero-order chi connectivity index (χ0) is 27.2. The second-order valence-electron chi connectivity index (χ2n) is 8.84. The lowest BCUT2D eigenvalue weighted by Gasteiger charge is -2.22. The van der Waals surface area contributed by atoms with Crippen LogP contribution in [-0.4, -0.2) is 58.8 Å². The van der Waals surface area contributed by atoms with E-state index in [1.807, 2.05) is 19.1 Å². The van der Waals surface area contributed by atoms with Gasteiger partial charge in [0.05, 0.1) is 29.6 Å².